The van der Waals surface area contributed by atoms with E-state index in [1.807, 2.05) is 0 Å². The lowest BCUT2D eigenvalue weighted by Gasteiger charge is -2.22. The van der Waals surface area contributed by atoms with Crippen LogP contribution in [-0.2, 0) is 9.53 Å². The minimum atomic E-state index is -0.975. The molecule has 3 unspecified atom stereocenters. The molecule has 0 radical (unpaired) electrons. The number of ether oxygens (including phenoxy) is 1. The maximum atomic E-state index is 12.7. The van der Waals surface area contributed by atoms with Crippen LogP contribution in [0.15, 0.2) is 46.7 Å². The number of nitriles is 1. The van der Waals surface area contributed by atoms with Gasteiger partial charge in [-0.05, 0) is 30.0 Å². The zero-order valence-electron chi connectivity index (χ0n) is 16.8. The molecule has 0 bridgehead atoms. The first-order valence-corrected chi connectivity index (χ1v) is 10.1. The van der Waals surface area contributed by atoms with Gasteiger partial charge in [-0.1, -0.05) is 39.2 Å². The Labute approximate surface area is 170 Å². The largest absolute Gasteiger partial charge is 0.464 e. The molecular weight excluding hydrogens is 366 g/mol. The Hall–Kier alpha value is -3.07. The zero-order chi connectivity index (χ0) is 20.8. The van der Waals surface area contributed by atoms with Gasteiger partial charge in [-0.25, -0.2) is 0 Å². The number of allylic oxidation sites excluding steroid dienone is 2. The minimum absolute atomic E-state index is 0.131. The van der Waals surface area contributed by atoms with Crippen LogP contribution in [0.1, 0.15) is 61.4 Å². The van der Waals surface area contributed by atoms with Gasteiger partial charge in [0.05, 0.1) is 23.4 Å². The lowest BCUT2D eigenvalue weighted by Crippen LogP contribution is -2.32. The van der Waals surface area contributed by atoms with Crippen molar-refractivity contribution in [3.05, 3.63) is 58.5 Å². The number of rotatable bonds is 8. The Morgan fingerprint density at radius 1 is 1.24 bits per heavy atom. The summed E-state index contributed by atoms with van der Waals surface area (Å²) < 4.78 is 5.53. The van der Waals surface area contributed by atoms with E-state index >= 15 is 0 Å². The van der Waals surface area contributed by atoms with Crippen molar-refractivity contribution in [1.29, 1.82) is 5.26 Å². The quantitative estimate of drug-likeness (QED) is 0.637. The van der Waals surface area contributed by atoms with Crippen molar-refractivity contribution in [3.8, 4) is 6.07 Å². The third-order valence-corrected chi connectivity index (χ3v) is 5.47. The second-order valence-electron chi connectivity index (χ2n) is 7.39. The van der Waals surface area contributed by atoms with Crippen LogP contribution in [0.5, 0.6) is 0 Å². The summed E-state index contributed by atoms with van der Waals surface area (Å²) in [6.45, 7) is 4.55. The molecule has 2 aliphatic heterocycles. The normalized spacial score (nSPS) is 18.5. The molecule has 2 aliphatic rings. The molecule has 29 heavy (non-hydrogen) atoms. The molecule has 0 spiro atoms. The fourth-order valence-corrected chi connectivity index (χ4v) is 3.63. The molecule has 150 valence electrons. The van der Waals surface area contributed by atoms with Crippen LogP contribution in [-0.4, -0.2) is 18.4 Å². The first kappa shape index (κ1) is 20.7. The second-order valence-corrected chi connectivity index (χ2v) is 7.39. The first-order chi connectivity index (χ1) is 14.1. The zero-order valence-corrected chi connectivity index (χ0v) is 16.8. The van der Waals surface area contributed by atoms with Gasteiger partial charge in [0, 0.05) is 30.0 Å². The molecule has 2 heterocycles. The maximum Gasteiger partial charge on any atom is 0.324 e. The van der Waals surface area contributed by atoms with Crippen molar-refractivity contribution in [2.24, 2.45) is 21.8 Å². The van der Waals surface area contributed by atoms with Crippen LogP contribution in [0.25, 0.3) is 0 Å². The van der Waals surface area contributed by atoms with E-state index in [2.05, 4.69) is 29.9 Å². The maximum absolute atomic E-state index is 12.7. The topological polar surface area (TPSA) is 91.9 Å². The number of carbonyl (C=O) groups excluding carboxylic acids is 2. The molecule has 6 nitrogen and oxygen atoms in total. The predicted octanol–water partition coefficient (Wildman–Crippen LogP) is 3.15. The number of esters is 1. The first-order valence-electron chi connectivity index (χ1n) is 10.1. The van der Waals surface area contributed by atoms with Crippen LogP contribution >= 0.6 is 0 Å². The molecule has 0 amide bonds. The third-order valence-electron chi connectivity index (χ3n) is 5.47. The Morgan fingerprint density at radius 3 is 2.76 bits per heavy atom. The molecule has 0 N–H and O–H groups in total. The Bertz CT molecular complexity index is 1020. The van der Waals surface area contributed by atoms with Crippen molar-refractivity contribution in [1.82, 2.24) is 0 Å². The highest BCUT2D eigenvalue weighted by Crippen LogP contribution is 2.27. The summed E-state index contributed by atoms with van der Waals surface area (Å²) >= 11 is 0. The molecule has 0 saturated heterocycles. The van der Waals surface area contributed by atoms with Crippen molar-refractivity contribution < 1.29 is 14.3 Å². The number of unbranched alkanes of at least 4 members (excludes halogenated alkanes) is 1. The summed E-state index contributed by atoms with van der Waals surface area (Å²) in [6, 6.07) is 5.53. The van der Waals surface area contributed by atoms with Gasteiger partial charge in [0.15, 0.2) is 11.7 Å². The monoisotopic (exact) mass is 391 g/mol. The van der Waals surface area contributed by atoms with E-state index in [0.29, 0.717) is 34.4 Å². The SMILES string of the molecule is CCCCC(CC)COC(=O)C(C#N)C1C=CN=c2cc3c(cc21)=NC=CC3=O. The second kappa shape index (κ2) is 9.42. The number of nitrogens with zero attached hydrogens (tertiary/aromatic N) is 3. The molecule has 0 fully saturated rings. The molecule has 0 aromatic heterocycles. The van der Waals surface area contributed by atoms with Gasteiger partial charge in [-0.3, -0.25) is 19.6 Å². The van der Waals surface area contributed by atoms with Crippen LogP contribution in [0.3, 0.4) is 0 Å². The summed E-state index contributed by atoms with van der Waals surface area (Å²) in [4.78, 5) is 33.4. The van der Waals surface area contributed by atoms with Gasteiger partial charge in [-0.2, -0.15) is 5.26 Å². The van der Waals surface area contributed by atoms with Crippen LogP contribution in [0, 0.1) is 23.2 Å². The molecule has 1 aromatic carbocycles. The van der Waals surface area contributed by atoms with E-state index in [-0.39, 0.29) is 5.78 Å². The van der Waals surface area contributed by atoms with E-state index in [0.717, 1.165) is 25.7 Å². The van der Waals surface area contributed by atoms with Crippen LogP contribution in [0.4, 0.5) is 0 Å². The summed E-state index contributed by atoms with van der Waals surface area (Å²) in [7, 11) is 0. The summed E-state index contributed by atoms with van der Waals surface area (Å²) in [5, 5.41) is 10.8. The minimum Gasteiger partial charge on any atom is -0.464 e. The Kier molecular flexibility index (Phi) is 6.71. The molecule has 0 saturated carbocycles. The van der Waals surface area contributed by atoms with Crippen molar-refractivity contribution in [3.63, 3.8) is 0 Å². The molecule has 1 aromatic rings. The summed E-state index contributed by atoms with van der Waals surface area (Å²) in [5.74, 6) is -1.80. The van der Waals surface area contributed by atoms with Crippen molar-refractivity contribution in [2.45, 2.75) is 45.4 Å². The van der Waals surface area contributed by atoms with E-state index in [1.165, 1.54) is 12.3 Å². The molecule has 3 atom stereocenters. The summed E-state index contributed by atoms with van der Waals surface area (Å²) in [5.41, 5.74) is 1.18. The van der Waals surface area contributed by atoms with Gasteiger partial charge in [0.25, 0.3) is 0 Å². The van der Waals surface area contributed by atoms with Gasteiger partial charge >= 0.3 is 5.97 Å². The fourth-order valence-electron chi connectivity index (χ4n) is 3.63. The standard InChI is InChI=1S/C23H25N3O3/c1-3-5-6-15(4-2)14-29-23(28)19(13-24)16-7-9-25-20-12-18-21(11-17(16)20)26-10-8-22(18)27/h7-12,15-16,19H,3-6,14H2,1-2H3. The molecule has 6 heteroatoms. The third kappa shape index (κ3) is 4.51. The van der Waals surface area contributed by atoms with Gasteiger partial charge in [0.2, 0.25) is 0 Å². The molecule has 0 aliphatic carbocycles. The van der Waals surface area contributed by atoms with E-state index in [9.17, 15) is 14.9 Å². The number of hydrogen-bond acceptors (Lipinski definition) is 6. The fraction of sp³-hybridized carbons (Fsp3) is 0.435. The lowest BCUT2D eigenvalue weighted by atomic mass is 9.84. The Morgan fingerprint density at radius 2 is 2.03 bits per heavy atom. The van der Waals surface area contributed by atoms with E-state index < -0.39 is 17.8 Å². The predicted molar refractivity (Wildman–Crippen MR) is 107 cm³/mol. The van der Waals surface area contributed by atoms with E-state index in [4.69, 9.17) is 4.74 Å². The number of hydrogen-bond donors (Lipinski definition) is 0. The number of ketones is 1. The average Bonchev–Trinajstić information content (AvgIpc) is 2.74. The van der Waals surface area contributed by atoms with Crippen LogP contribution in [0.2, 0.25) is 0 Å². The van der Waals surface area contributed by atoms with Crippen molar-refractivity contribution in [2.75, 3.05) is 6.61 Å². The molecule has 3 rings (SSSR count). The number of benzene rings is 1. The smallest absolute Gasteiger partial charge is 0.324 e. The lowest BCUT2D eigenvalue weighted by molar-refractivity contribution is -0.148. The molecular formula is C23H25N3O3. The van der Waals surface area contributed by atoms with Gasteiger partial charge < -0.3 is 4.74 Å². The number of fused-ring (bicyclic) bond motifs is 2. The van der Waals surface area contributed by atoms with E-state index in [1.54, 1.807) is 24.4 Å². The highest BCUT2D eigenvalue weighted by molar-refractivity contribution is 6.04. The Balaban J connectivity index is 1.82. The van der Waals surface area contributed by atoms with Gasteiger partial charge in [-0.15, -0.1) is 0 Å². The number of carbonyl (C=O) groups is 2. The summed E-state index contributed by atoms with van der Waals surface area (Å²) in [6.07, 6.45) is 10.3. The van der Waals surface area contributed by atoms with Crippen LogP contribution < -0.4 is 10.7 Å². The average molecular weight is 391 g/mol. The van der Waals surface area contributed by atoms with Crippen molar-refractivity contribution >= 4 is 11.8 Å². The highest BCUT2D eigenvalue weighted by Gasteiger charge is 2.32. The highest BCUT2D eigenvalue weighted by atomic mass is 16.5. The van der Waals surface area contributed by atoms with Gasteiger partial charge in [0.1, 0.15) is 0 Å².